The molecule has 2 N–H and O–H groups in total. The fourth-order valence-corrected chi connectivity index (χ4v) is 2.10. The lowest BCUT2D eigenvalue weighted by atomic mass is 9.92. The molecule has 3 nitrogen and oxygen atoms in total. The van der Waals surface area contributed by atoms with Gasteiger partial charge in [-0.3, -0.25) is 4.90 Å². The molecule has 0 aromatic heterocycles. The van der Waals surface area contributed by atoms with Crippen molar-refractivity contribution >= 4 is 12.4 Å². The largest absolute Gasteiger partial charge is 0.379 e. The van der Waals surface area contributed by atoms with Gasteiger partial charge in [-0.05, 0) is 32.2 Å². The lowest BCUT2D eigenvalue weighted by molar-refractivity contribution is 0.0608. The van der Waals surface area contributed by atoms with Gasteiger partial charge in [-0.25, -0.2) is 0 Å². The molecular weight excluding hydrogens is 212 g/mol. The summed E-state index contributed by atoms with van der Waals surface area (Å²) in [5, 5.41) is 0. The van der Waals surface area contributed by atoms with Gasteiger partial charge in [0, 0.05) is 19.1 Å². The highest BCUT2D eigenvalue weighted by Gasteiger charge is 2.23. The Balaban J connectivity index is 0.00000196. The van der Waals surface area contributed by atoms with E-state index in [0.717, 1.165) is 19.1 Å². The molecule has 1 heterocycles. The maximum Gasteiger partial charge on any atom is 0.0594 e. The average molecular weight is 237 g/mol. The normalized spacial score (nSPS) is 27.4. The van der Waals surface area contributed by atoms with Crippen LogP contribution in [0.5, 0.6) is 0 Å². The number of hydrogen-bond acceptors (Lipinski definition) is 3. The van der Waals surface area contributed by atoms with E-state index in [1.165, 1.54) is 19.4 Å². The van der Waals surface area contributed by atoms with Crippen LogP contribution < -0.4 is 5.73 Å². The summed E-state index contributed by atoms with van der Waals surface area (Å²) in [6, 6.07) is 0.713. The van der Waals surface area contributed by atoms with Crippen LogP contribution in [0.2, 0.25) is 0 Å². The molecule has 0 spiro atoms. The van der Waals surface area contributed by atoms with Gasteiger partial charge >= 0.3 is 0 Å². The van der Waals surface area contributed by atoms with Crippen LogP contribution in [0.3, 0.4) is 0 Å². The highest BCUT2D eigenvalue weighted by Crippen LogP contribution is 2.22. The third-order valence-electron chi connectivity index (χ3n) is 3.29. The van der Waals surface area contributed by atoms with E-state index in [4.69, 9.17) is 10.5 Å². The fraction of sp³-hybridized carbons (Fsp3) is 1.00. The van der Waals surface area contributed by atoms with Gasteiger partial charge in [0.25, 0.3) is 0 Å². The van der Waals surface area contributed by atoms with Crippen LogP contribution in [0.1, 0.15) is 26.7 Å². The summed E-state index contributed by atoms with van der Waals surface area (Å²) < 4.78 is 5.40. The summed E-state index contributed by atoms with van der Waals surface area (Å²) in [6.45, 7) is 9.12. The second-order valence-electron chi connectivity index (χ2n) is 4.30. The smallest absolute Gasteiger partial charge is 0.0594 e. The third kappa shape index (κ3) is 5.16. The lowest BCUT2D eigenvalue weighted by Crippen LogP contribution is -2.44. The van der Waals surface area contributed by atoms with E-state index < -0.39 is 0 Å². The molecule has 1 fully saturated rings. The van der Waals surface area contributed by atoms with E-state index in [1.807, 2.05) is 0 Å². The maximum absolute atomic E-state index is 5.40. The van der Waals surface area contributed by atoms with Crippen LogP contribution in [-0.4, -0.2) is 43.8 Å². The number of rotatable bonds is 5. The third-order valence-corrected chi connectivity index (χ3v) is 3.29. The van der Waals surface area contributed by atoms with E-state index in [1.54, 1.807) is 0 Å². The second kappa shape index (κ2) is 8.34. The van der Waals surface area contributed by atoms with Gasteiger partial charge < -0.3 is 10.5 Å². The Morgan fingerprint density at radius 1 is 1.33 bits per heavy atom. The number of nitrogens with two attached hydrogens (primary N) is 1. The van der Waals surface area contributed by atoms with E-state index in [9.17, 15) is 0 Å². The zero-order valence-corrected chi connectivity index (χ0v) is 10.8. The quantitative estimate of drug-likeness (QED) is 0.736. The molecule has 1 saturated heterocycles. The zero-order valence-electron chi connectivity index (χ0n) is 9.95. The second-order valence-corrected chi connectivity index (χ2v) is 4.30. The van der Waals surface area contributed by atoms with Crippen molar-refractivity contribution in [3.05, 3.63) is 0 Å². The summed E-state index contributed by atoms with van der Waals surface area (Å²) in [5.74, 6) is 0.832. The Morgan fingerprint density at radius 3 is 2.73 bits per heavy atom. The van der Waals surface area contributed by atoms with Crippen LogP contribution in [0.15, 0.2) is 0 Å². The molecular formula is C11H25ClN2O. The predicted octanol–water partition coefficient (Wildman–Crippen LogP) is 1.50. The first-order valence-corrected chi connectivity index (χ1v) is 5.77. The van der Waals surface area contributed by atoms with Gasteiger partial charge in [-0.1, -0.05) is 6.92 Å². The summed E-state index contributed by atoms with van der Waals surface area (Å²) >= 11 is 0. The Kier molecular flexibility index (Phi) is 8.43. The van der Waals surface area contributed by atoms with Crippen LogP contribution in [-0.2, 0) is 4.74 Å². The number of ether oxygens (including phenoxy) is 1. The van der Waals surface area contributed by atoms with E-state index in [-0.39, 0.29) is 12.4 Å². The molecule has 0 radical (unpaired) electrons. The highest BCUT2D eigenvalue weighted by molar-refractivity contribution is 5.85. The predicted molar refractivity (Wildman–Crippen MR) is 66.6 cm³/mol. The maximum atomic E-state index is 5.40. The van der Waals surface area contributed by atoms with Crippen LogP contribution >= 0.6 is 12.4 Å². The molecule has 0 bridgehead atoms. The van der Waals surface area contributed by atoms with Gasteiger partial charge in [-0.2, -0.15) is 0 Å². The van der Waals surface area contributed by atoms with Crippen LogP contribution in [0, 0.1) is 5.92 Å². The molecule has 92 valence electrons. The number of piperidine rings is 1. The molecule has 0 saturated carbocycles. The van der Waals surface area contributed by atoms with Crippen molar-refractivity contribution in [1.29, 1.82) is 0 Å². The van der Waals surface area contributed by atoms with E-state index in [0.29, 0.717) is 19.2 Å². The van der Waals surface area contributed by atoms with Crippen LogP contribution in [0.4, 0.5) is 0 Å². The van der Waals surface area contributed by atoms with E-state index >= 15 is 0 Å². The molecule has 2 unspecified atom stereocenters. The summed E-state index contributed by atoms with van der Waals surface area (Å²) in [6.07, 6.45) is 2.71. The first-order chi connectivity index (χ1) is 6.75. The Labute approximate surface area is 99.7 Å². The van der Waals surface area contributed by atoms with E-state index in [2.05, 4.69) is 18.7 Å². The van der Waals surface area contributed by atoms with Crippen molar-refractivity contribution in [2.75, 3.05) is 32.8 Å². The SMILES string of the molecule is CC1CCCN(CCOCCN)C1C.Cl. The lowest BCUT2D eigenvalue weighted by Gasteiger charge is -2.37. The summed E-state index contributed by atoms with van der Waals surface area (Å²) in [4.78, 5) is 2.53. The monoisotopic (exact) mass is 236 g/mol. The summed E-state index contributed by atoms with van der Waals surface area (Å²) in [5.41, 5.74) is 5.36. The van der Waals surface area contributed by atoms with Gasteiger partial charge in [0.05, 0.1) is 13.2 Å². The summed E-state index contributed by atoms with van der Waals surface area (Å²) in [7, 11) is 0. The minimum Gasteiger partial charge on any atom is -0.379 e. The number of halogens is 1. The molecule has 0 aromatic rings. The van der Waals surface area contributed by atoms with Crippen molar-refractivity contribution in [1.82, 2.24) is 4.90 Å². The molecule has 1 rings (SSSR count). The number of hydrogen-bond donors (Lipinski definition) is 1. The molecule has 0 amide bonds. The topological polar surface area (TPSA) is 38.5 Å². The first kappa shape index (κ1) is 15.2. The number of nitrogens with zero attached hydrogens (tertiary/aromatic N) is 1. The van der Waals surface area contributed by atoms with Gasteiger partial charge in [0.1, 0.15) is 0 Å². The molecule has 1 aliphatic heterocycles. The van der Waals surface area contributed by atoms with Crippen molar-refractivity contribution < 1.29 is 4.74 Å². The van der Waals surface area contributed by atoms with Crippen molar-refractivity contribution in [3.8, 4) is 0 Å². The Hall–Kier alpha value is 0.170. The van der Waals surface area contributed by atoms with Crippen molar-refractivity contribution in [2.45, 2.75) is 32.7 Å². The van der Waals surface area contributed by atoms with Crippen molar-refractivity contribution in [2.24, 2.45) is 11.7 Å². The van der Waals surface area contributed by atoms with Gasteiger partial charge in [-0.15, -0.1) is 12.4 Å². The average Bonchev–Trinajstić information content (AvgIpc) is 2.19. The van der Waals surface area contributed by atoms with Gasteiger partial charge in [0.15, 0.2) is 0 Å². The molecule has 0 aliphatic carbocycles. The molecule has 4 heteroatoms. The standard InChI is InChI=1S/C11H24N2O.ClH/c1-10-4-3-6-13(11(10)2)7-9-14-8-5-12;/h10-11H,3-9,12H2,1-2H3;1H. The van der Waals surface area contributed by atoms with Crippen molar-refractivity contribution in [3.63, 3.8) is 0 Å². The minimum atomic E-state index is 0. The number of likely N-dealkylation sites (tertiary alicyclic amines) is 1. The molecule has 1 aliphatic rings. The minimum absolute atomic E-state index is 0. The van der Waals surface area contributed by atoms with Crippen LogP contribution in [0.25, 0.3) is 0 Å². The molecule has 2 atom stereocenters. The molecule has 15 heavy (non-hydrogen) atoms. The van der Waals surface area contributed by atoms with Gasteiger partial charge in [0.2, 0.25) is 0 Å². The zero-order chi connectivity index (χ0) is 10.4. The fourth-order valence-electron chi connectivity index (χ4n) is 2.10. The first-order valence-electron chi connectivity index (χ1n) is 5.77. The molecule has 0 aromatic carbocycles. The Morgan fingerprint density at radius 2 is 2.07 bits per heavy atom. The Bertz CT molecular complexity index is 158. The highest BCUT2D eigenvalue weighted by atomic mass is 35.5.